The van der Waals surface area contributed by atoms with Crippen LogP contribution in [0.3, 0.4) is 0 Å². The first-order chi connectivity index (χ1) is 9.58. The van der Waals surface area contributed by atoms with Gasteiger partial charge in [0.1, 0.15) is 12.0 Å². The molecular weight excluding hydrogens is 262 g/mol. The summed E-state index contributed by atoms with van der Waals surface area (Å²) in [5, 5.41) is 16.8. The van der Waals surface area contributed by atoms with E-state index in [0.717, 1.165) is 13.1 Å². The maximum absolute atomic E-state index is 11.9. The molecule has 1 aromatic rings. The van der Waals surface area contributed by atoms with Gasteiger partial charge in [0, 0.05) is 31.7 Å². The van der Waals surface area contributed by atoms with Crippen LogP contribution in [0.5, 0.6) is 0 Å². The topological polar surface area (TPSA) is 100 Å². The number of nitrogens with zero attached hydrogens (tertiary/aromatic N) is 3. The van der Waals surface area contributed by atoms with Crippen molar-refractivity contribution in [3.63, 3.8) is 0 Å². The van der Waals surface area contributed by atoms with Gasteiger partial charge >= 0.3 is 0 Å². The van der Waals surface area contributed by atoms with Crippen molar-refractivity contribution < 1.29 is 9.72 Å². The minimum Gasteiger partial charge on any atom is -0.361 e. The Morgan fingerprint density at radius 3 is 2.85 bits per heavy atom. The van der Waals surface area contributed by atoms with Gasteiger partial charge in [-0.15, -0.1) is 0 Å². The maximum Gasteiger partial charge on any atom is 0.290 e. The molecule has 2 rings (SSSR count). The highest BCUT2D eigenvalue weighted by molar-refractivity contribution is 5.80. The average Bonchev–Trinajstić information content (AvgIpc) is 2.45. The van der Waals surface area contributed by atoms with E-state index >= 15 is 0 Å². The number of anilines is 1. The summed E-state index contributed by atoms with van der Waals surface area (Å²) < 4.78 is 0. The molecule has 0 saturated carbocycles. The second-order valence-corrected chi connectivity index (χ2v) is 4.60. The van der Waals surface area contributed by atoms with Crippen molar-refractivity contribution in [1.29, 1.82) is 0 Å². The van der Waals surface area contributed by atoms with E-state index in [1.807, 2.05) is 0 Å². The fourth-order valence-electron chi connectivity index (χ4n) is 2.03. The first-order valence-corrected chi connectivity index (χ1v) is 6.41. The van der Waals surface area contributed by atoms with E-state index in [9.17, 15) is 14.9 Å². The molecule has 1 fully saturated rings. The zero-order chi connectivity index (χ0) is 14.5. The zero-order valence-corrected chi connectivity index (χ0v) is 11.3. The Morgan fingerprint density at radius 2 is 2.25 bits per heavy atom. The van der Waals surface area contributed by atoms with Crippen LogP contribution in [0.15, 0.2) is 12.3 Å². The monoisotopic (exact) mass is 279 g/mol. The number of pyridine rings is 1. The maximum atomic E-state index is 11.9. The number of hydrogen-bond donors (Lipinski definition) is 2. The van der Waals surface area contributed by atoms with Crippen LogP contribution in [-0.2, 0) is 4.79 Å². The highest BCUT2D eigenvalue weighted by atomic mass is 16.6. The highest BCUT2D eigenvalue weighted by Crippen LogP contribution is 2.18. The number of amides is 1. The summed E-state index contributed by atoms with van der Waals surface area (Å²) in [6.07, 6.45) is 1.20. The van der Waals surface area contributed by atoms with Gasteiger partial charge in [0.25, 0.3) is 5.69 Å². The zero-order valence-electron chi connectivity index (χ0n) is 11.3. The van der Waals surface area contributed by atoms with E-state index in [0.29, 0.717) is 24.5 Å². The molecule has 0 spiro atoms. The molecule has 0 atom stereocenters. The Kier molecular flexibility index (Phi) is 4.46. The van der Waals surface area contributed by atoms with Gasteiger partial charge in [0.15, 0.2) is 0 Å². The van der Waals surface area contributed by atoms with E-state index in [2.05, 4.69) is 15.6 Å². The Balaban J connectivity index is 1.92. The molecule has 0 unspecified atom stereocenters. The normalized spacial score (nSPS) is 14.9. The largest absolute Gasteiger partial charge is 0.361 e. The summed E-state index contributed by atoms with van der Waals surface area (Å²) >= 11 is 0. The van der Waals surface area contributed by atoms with Crippen molar-refractivity contribution in [3.05, 3.63) is 27.9 Å². The molecule has 0 radical (unpaired) electrons. The van der Waals surface area contributed by atoms with Gasteiger partial charge in [-0.1, -0.05) is 0 Å². The third-order valence-electron chi connectivity index (χ3n) is 3.17. The van der Waals surface area contributed by atoms with Crippen molar-refractivity contribution in [3.8, 4) is 0 Å². The predicted octanol–water partition coefficient (Wildman–Crippen LogP) is 0.142. The average molecular weight is 279 g/mol. The molecule has 8 nitrogen and oxygen atoms in total. The van der Waals surface area contributed by atoms with Crippen LogP contribution in [0.2, 0.25) is 0 Å². The summed E-state index contributed by atoms with van der Waals surface area (Å²) in [5.41, 5.74) is 0.492. The van der Waals surface area contributed by atoms with E-state index in [1.54, 1.807) is 17.9 Å². The molecule has 2 N–H and O–H groups in total. The molecular formula is C12H17N5O3. The Bertz CT molecular complexity index is 514. The predicted molar refractivity (Wildman–Crippen MR) is 73.6 cm³/mol. The van der Waals surface area contributed by atoms with Crippen molar-refractivity contribution in [2.24, 2.45) is 0 Å². The van der Waals surface area contributed by atoms with Gasteiger partial charge in [-0.25, -0.2) is 4.98 Å². The Labute approximate surface area is 116 Å². The SMILES string of the molecule is Cc1cc(NCC(=O)N2CCNCC2)ncc1[N+](=O)[O-]. The van der Waals surface area contributed by atoms with Gasteiger partial charge < -0.3 is 15.5 Å². The van der Waals surface area contributed by atoms with Crippen molar-refractivity contribution in [1.82, 2.24) is 15.2 Å². The van der Waals surface area contributed by atoms with Gasteiger partial charge in [-0.05, 0) is 13.0 Å². The lowest BCUT2D eigenvalue weighted by Gasteiger charge is -2.27. The fraction of sp³-hybridized carbons (Fsp3) is 0.500. The first kappa shape index (κ1) is 14.2. The number of rotatable bonds is 4. The molecule has 0 aliphatic carbocycles. The van der Waals surface area contributed by atoms with E-state index < -0.39 is 4.92 Å². The molecule has 1 aliphatic rings. The first-order valence-electron chi connectivity index (χ1n) is 6.41. The minimum absolute atomic E-state index is 0.00399. The lowest BCUT2D eigenvalue weighted by Crippen LogP contribution is -2.48. The summed E-state index contributed by atoms with van der Waals surface area (Å²) in [6, 6.07) is 1.57. The number of piperazine rings is 1. The molecule has 0 aromatic carbocycles. The summed E-state index contributed by atoms with van der Waals surface area (Å²) in [7, 11) is 0. The van der Waals surface area contributed by atoms with Gasteiger partial charge in [-0.3, -0.25) is 14.9 Å². The number of aromatic nitrogens is 1. The lowest BCUT2D eigenvalue weighted by atomic mass is 10.2. The van der Waals surface area contributed by atoms with Crippen molar-refractivity contribution >= 4 is 17.4 Å². The third kappa shape index (κ3) is 3.41. The summed E-state index contributed by atoms with van der Waals surface area (Å²) in [4.78, 5) is 27.9. The van der Waals surface area contributed by atoms with E-state index in [-0.39, 0.29) is 18.1 Å². The number of carbonyl (C=O) groups is 1. The molecule has 1 amide bonds. The molecule has 1 aromatic heterocycles. The summed E-state index contributed by atoms with van der Waals surface area (Å²) in [6.45, 7) is 4.80. The van der Waals surface area contributed by atoms with Crippen LogP contribution in [0, 0.1) is 17.0 Å². The molecule has 108 valence electrons. The number of nitro groups is 1. The Hall–Kier alpha value is -2.22. The molecule has 1 saturated heterocycles. The second-order valence-electron chi connectivity index (χ2n) is 4.60. The second kappa shape index (κ2) is 6.29. The molecule has 20 heavy (non-hydrogen) atoms. The molecule has 8 heteroatoms. The molecule has 2 heterocycles. The fourth-order valence-corrected chi connectivity index (χ4v) is 2.03. The number of aryl methyl sites for hydroxylation is 1. The van der Waals surface area contributed by atoms with E-state index in [1.165, 1.54) is 6.20 Å². The minimum atomic E-state index is -0.474. The number of hydrogen-bond acceptors (Lipinski definition) is 6. The Morgan fingerprint density at radius 1 is 1.55 bits per heavy atom. The van der Waals surface area contributed by atoms with Crippen LogP contribution < -0.4 is 10.6 Å². The van der Waals surface area contributed by atoms with Crippen LogP contribution in [0.25, 0.3) is 0 Å². The van der Waals surface area contributed by atoms with Gasteiger partial charge in [0.2, 0.25) is 5.91 Å². The standard InChI is InChI=1S/C12H17N5O3/c1-9-6-11(14-7-10(9)17(19)20)15-8-12(18)16-4-2-13-3-5-16/h6-7,13H,2-5,8H2,1H3,(H,14,15). The number of carbonyl (C=O) groups excluding carboxylic acids is 1. The van der Waals surface area contributed by atoms with E-state index in [4.69, 9.17) is 0 Å². The van der Waals surface area contributed by atoms with Gasteiger partial charge in [-0.2, -0.15) is 0 Å². The third-order valence-corrected chi connectivity index (χ3v) is 3.17. The van der Waals surface area contributed by atoms with Crippen molar-refractivity contribution in [2.75, 3.05) is 38.0 Å². The molecule has 0 bridgehead atoms. The number of nitrogens with one attached hydrogen (secondary N) is 2. The van der Waals surface area contributed by atoms with Crippen LogP contribution in [0.1, 0.15) is 5.56 Å². The summed E-state index contributed by atoms with van der Waals surface area (Å²) in [5.74, 6) is 0.473. The van der Waals surface area contributed by atoms with Crippen LogP contribution >= 0.6 is 0 Å². The molecule has 1 aliphatic heterocycles. The van der Waals surface area contributed by atoms with Crippen LogP contribution in [-0.4, -0.2) is 53.4 Å². The van der Waals surface area contributed by atoms with Crippen molar-refractivity contribution in [2.45, 2.75) is 6.92 Å². The highest BCUT2D eigenvalue weighted by Gasteiger charge is 2.16. The smallest absolute Gasteiger partial charge is 0.290 e. The lowest BCUT2D eigenvalue weighted by molar-refractivity contribution is -0.385. The van der Waals surface area contributed by atoms with Gasteiger partial charge in [0.05, 0.1) is 11.5 Å². The quantitative estimate of drug-likeness (QED) is 0.600. The van der Waals surface area contributed by atoms with Crippen LogP contribution in [0.4, 0.5) is 11.5 Å².